The molecule has 0 radical (unpaired) electrons. The molecule has 0 atom stereocenters. The molecule has 1 aliphatic rings. The molecule has 0 saturated carbocycles. The average Bonchev–Trinajstić information content (AvgIpc) is 3.57. The minimum Gasteiger partial charge on any atom is -0.349 e. The van der Waals surface area contributed by atoms with Gasteiger partial charge >= 0.3 is 0 Å². The molecule has 0 aliphatic carbocycles. The molecule has 0 bridgehead atoms. The van der Waals surface area contributed by atoms with Crippen molar-refractivity contribution in [3.8, 4) is 5.82 Å². The SMILES string of the molecule is CC(C)c1ccnc(-n2c3ccccc3c3ccc([Si](C)(C)c4cccc(N5CN(C(C)C)c6ccccc65)c4)cc32)c1. The lowest BCUT2D eigenvalue weighted by atomic mass is 10.1. The molecule has 0 fully saturated rings. The lowest BCUT2D eigenvalue weighted by Crippen LogP contribution is -2.53. The van der Waals surface area contributed by atoms with Crippen molar-refractivity contribution < 1.29 is 0 Å². The van der Waals surface area contributed by atoms with E-state index in [1.165, 1.54) is 54.8 Å². The first kappa shape index (κ1) is 27.5. The van der Waals surface area contributed by atoms with Gasteiger partial charge in [-0.2, -0.15) is 0 Å². The van der Waals surface area contributed by atoms with Crippen LogP contribution in [0.2, 0.25) is 13.1 Å². The third-order valence-corrected chi connectivity index (χ3v) is 12.8. The lowest BCUT2D eigenvalue weighted by Gasteiger charge is -2.28. The van der Waals surface area contributed by atoms with Crippen LogP contribution in [0.15, 0.2) is 109 Å². The minimum atomic E-state index is -2.06. The van der Waals surface area contributed by atoms with Gasteiger partial charge in [0.15, 0.2) is 0 Å². The summed E-state index contributed by atoms with van der Waals surface area (Å²) >= 11 is 0. The zero-order chi connectivity index (χ0) is 29.9. The number of hydrogen-bond acceptors (Lipinski definition) is 3. The van der Waals surface area contributed by atoms with Crippen molar-refractivity contribution in [2.24, 2.45) is 0 Å². The third-order valence-electron chi connectivity index (χ3n) is 9.34. The summed E-state index contributed by atoms with van der Waals surface area (Å²) in [6.45, 7) is 14.9. The summed E-state index contributed by atoms with van der Waals surface area (Å²) in [4.78, 5) is 9.83. The maximum absolute atomic E-state index is 4.87. The Morgan fingerprint density at radius 2 is 1.40 bits per heavy atom. The maximum Gasteiger partial charge on any atom is 0.137 e. The molecule has 0 saturated heterocycles. The number of aromatic nitrogens is 2. The molecule has 0 spiro atoms. The predicted molar refractivity (Wildman–Crippen MR) is 187 cm³/mol. The zero-order valence-electron chi connectivity index (χ0n) is 26.0. The van der Waals surface area contributed by atoms with E-state index in [9.17, 15) is 0 Å². The van der Waals surface area contributed by atoms with Gasteiger partial charge in [0.05, 0.1) is 29.1 Å². The molecule has 216 valence electrons. The van der Waals surface area contributed by atoms with Gasteiger partial charge < -0.3 is 9.80 Å². The predicted octanol–water partition coefficient (Wildman–Crippen LogP) is 8.45. The Morgan fingerprint density at radius 3 is 2.19 bits per heavy atom. The highest BCUT2D eigenvalue weighted by molar-refractivity contribution is 7.00. The van der Waals surface area contributed by atoms with Gasteiger partial charge in [-0.3, -0.25) is 4.57 Å². The maximum atomic E-state index is 4.87. The van der Waals surface area contributed by atoms with Crippen molar-refractivity contribution >= 4 is 57.3 Å². The van der Waals surface area contributed by atoms with Gasteiger partial charge in [-0.1, -0.05) is 91.9 Å². The number of hydrogen-bond donors (Lipinski definition) is 0. The van der Waals surface area contributed by atoms with Crippen LogP contribution < -0.4 is 20.2 Å². The molecule has 0 unspecified atom stereocenters. The minimum absolute atomic E-state index is 0.439. The molecule has 3 heterocycles. The van der Waals surface area contributed by atoms with Crippen LogP contribution in [0.4, 0.5) is 17.1 Å². The van der Waals surface area contributed by atoms with E-state index in [0.29, 0.717) is 12.0 Å². The quantitative estimate of drug-likeness (QED) is 0.185. The highest BCUT2D eigenvalue weighted by Gasteiger charge is 2.31. The highest BCUT2D eigenvalue weighted by Crippen LogP contribution is 2.41. The molecule has 1 aliphatic heterocycles. The van der Waals surface area contributed by atoms with Gasteiger partial charge in [-0.05, 0) is 73.9 Å². The van der Waals surface area contributed by atoms with Gasteiger partial charge in [0.25, 0.3) is 0 Å². The molecule has 4 nitrogen and oxygen atoms in total. The number of fused-ring (bicyclic) bond motifs is 4. The number of pyridine rings is 1. The molecular weight excluding hydrogens is 541 g/mol. The van der Waals surface area contributed by atoms with Crippen molar-refractivity contribution in [3.05, 3.63) is 115 Å². The van der Waals surface area contributed by atoms with Gasteiger partial charge in [0.2, 0.25) is 0 Å². The highest BCUT2D eigenvalue weighted by atomic mass is 28.3. The van der Waals surface area contributed by atoms with E-state index in [1.807, 2.05) is 6.20 Å². The van der Waals surface area contributed by atoms with Crippen LogP contribution in [0.3, 0.4) is 0 Å². The molecule has 2 aromatic heterocycles. The molecule has 6 aromatic rings. The Balaban J connectivity index is 1.34. The van der Waals surface area contributed by atoms with E-state index in [2.05, 4.69) is 158 Å². The van der Waals surface area contributed by atoms with Crippen molar-refractivity contribution in [2.45, 2.75) is 52.7 Å². The number of rotatable bonds is 6. The van der Waals surface area contributed by atoms with Crippen LogP contribution in [0.1, 0.15) is 39.2 Å². The van der Waals surface area contributed by atoms with Crippen molar-refractivity contribution in [2.75, 3.05) is 16.5 Å². The molecule has 5 heteroatoms. The molecule has 4 aromatic carbocycles. The first-order valence-electron chi connectivity index (χ1n) is 15.5. The van der Waals surface area contributed by atoms with Crippen molar-refractivity contribution in [3.63, 3.8) is 0 Å². The molecule has 0 N–H and O–H groups in total. The van der Waals surface area contributed by atoms with Crippen LogP contribution in [0.5, 0.6) is 0 Å². The fourth-order valence-electron chi connectivity index (χ4n) is 6.65. The Bertz CT molecular complexity index is 1970. The van der Waals surface area contributed by atoms with E-state index in [4.69, 9.17) is 4.98 Å². The van der Waals surface area contributed by atoms with E-state index in [1.54, 1.807) is 0 Å². The first-order valence-corrected chi connectivity index (χ1v) is 18.5. The van der Waals surface area contributed by atoms with Crippen LogP contribution in [-0.4, -0.2) is 30.3 Å². The van der Waals surface area contributed by atoms with E-state index < -0.39 is 8.07 Å². The molecular formula is C38H40N4Si. The Morgan fingerprint density at radius 1 is 0.674 bits per heavy atom. The van der Waals surface area contributed by atoms with Gasteiger partial charge in [-0.25, -0.2) is 4.98 Å². The first-order chi connectivity index (χ1) is 20.7. The van der Waals surface area contributed by atoms with Crippen LogP contribution in [0, 0.1) is 0 Å². The number of anilines is 3. The summed E-state index contributed by atoms with van der Waals surface area (Å²) in [5, 5.41) is 5.40. The lowest BCUT2D eigenvalue weighted by molar-refractivity contribution is 0.709. The van der Waals surface area contributed by atoms with Crippen molar-refractivity contribution in [1.82, 2.24) is 9.55 Å². The summed E-state index contributed by atoms with van der Waals surface area (Å²) < 4.78 is 2.36. The fraction of sp³-hybridized carbons (Fsp3) is 0.237. The second-order valence-electron chi connectivity index (χ2n) is 13.0. The van der Waals surface area contributed by atoms with E-state index in [-0.39, 0.29) is 0 Å². The Labute approximate surface area is 256 Å². The molecule has 0 amide bonds. The summed E-state index contributed by atoms with van der Waals surface area (Å²) in [6.07, 6.45) is 1.95. The third kappa shape index (κ3) is 4.54. The average molecular weight is 581 g/mol. The van der Waals surface area contributed by atoms with Gasteiger partial charge in [0.1, 0.15) is 13.9 Å². The topological polar surface area (TPSA) is 24.3 Å². The second kappa shape index (κ2) is 10.4. The standard InChI is InChI=1S/C38H40N4Si/c1-26(2)28-20-21-39-38(22-28)42-34-15-8-7-14-32(34)33-19-18-31(24-37(33)42)43(5,6)30-13-11-12-29(23-30)41-25-40(27(3)4)35-16-9-10-17-36(35)41/h7-24,26-27H,25H2,1-6H3. The number of benzene rings is 4. The van der Waals surface area contributed by atoms with E-state index in [0.717, 1.165) is 12.5 Å². The summed E-state index contributed by atoms with van der Waals surface area (Å²) in [5.74, 6) is 1.43. The van der Waals surface area contributed by atoms with Crippen molar-refractivity contribution in [1.29, 1.82) is 0 Å². The Hall–Kier alpha value is -4.35. The molecule has 7 rings (SSSR count). The summed E-state index contributed by atoms with van der Waals surface area (Å²) in [6, 6.07) is 38.8. The normalized spacial score (nSPS) is 13.6. The van der Waals surface area contributed by atoms with Gasteiger partial charge in [0, 0.05) is 28.7 Å². The summed E-state index contributed by atoms with van der Waals surface area (Å²) in [7, 11) is -2.06. The van der Waals surface area contributed by atoms with Crippen LogP contribution in [-0.2, 0) is 0 Å². The zero-order valence-corrected chi connectivity index (χ0v) is 27.0. The van der Waals surface area contributed by atoms with E-state index >= 15 is 0 Å². The second-order valence-corrected chi connectivity index (χ2v) is 17.4. The fourth-order valence-corrected chi connectivity index (χ4v) is 9.01. The largest absolute Gasteiger partial charge is 0.349 e. The monoisotopic (exact) mass is 580 g/mol. The number of para-hydroxylation sites is 3. The summed E-state index contributed by atoms with van der Waals surface area (Å²) in [5.41, 5.74) is 7.59. The number of nitrogens with zero attached hydrogens (tertiary/aromatic N) is 4. The van der Waals surface area contributed by atoms with Crippen LogP contribution in [0.25, 0.3) is 27.6 Å². The molecule has 43 heavy (non-hydrogen) atoms. The van der Waals surface area contributed by atoms with Crippen LogP contribution >= 0.6 is 0 Å². The Kier molecular flexibility index (Phi) is 6.66. The van der Waals surface area contributed by atoms with Gasteiger partial charge in [-0.15, -0.1) is 0 Å². The smallest absolute Gasteiger partial charge is 0.137 e.